The van der Waals surface area contributed by atoms with Crippen LogP contribution in [0.3, 0.4) is 0 Å². The molecule has 0 aliphatic carbocycles. The zero-order valence-corrected chi connectivity index (χ0v) is 17.3. The van der Waals surface area contributed by atoms with Gasteiger partial charge in [0.05, 0.1) is 6.61 Å². The highest BCUT2D eigenvalue weighted by Gasteiger charge is 2.24. The van der Waals surface area contributed by atoms with Gasteiger partial charge in [0.15, 0.2) is 5.96 Å². The number of halogens is 1. The summed E-state index contributed by atoms with van der Waals surface area (Å²) in [5, 5.41) is 3.46. The number of methoxy groups -OCH3 is 1. The third-order valence-corrected chi connectivity index (χ3v) is 4.37. The summed E-state index contributed by atoms with van der Waals surface area (Å²) in [4.78, 5) is 7.31. The van der Waals surface area contributed by atoms with E-state index < -0.39 is 0 Å². The van der Waals surface area contributed by atoms with Gasteiger partial charge >= 0.3 is 0 Å². The standard InChI is InChI=1S/C17H35N3O.HI/c1-5-8-9-15(6-2)12-19-17(18-7-3)20-11-10-16(13-20)14-21-4;/h15-16H,5-14H2,1-4H3,(H,18,19);1H. The normalized spacial score (nSPS) is 19.9. The second-order valence-electron chi connectivity index (χ2n) is 6.17. The highest BCUT2D eigenvalue weighted by Crippen LogP contribution is 2.17. The van der Waals surface area contributed by atoms with Gasteiger partial charge in [-0.25, -0.2) is 0 Å². The number of hydrogen-bond donors (Lipinski definition) is 1. The fourth-order valence-electron chi connectivity index (χ4n) is 2.96. The van der Waals surface area contributed by atoms with E-state index in [1.807, 2.05) is 0 Å². The number of ether oxygens (including phenoxy) is 1. The van der Waals surface area contributed by atoms with Gasteiger partial charge in [0.1, 0.15) is 0 Å². The maximum atomic E-state index is 5.29. The molecule has 2 unspecified atom stereocenters. The molecule has 2 atom stereocenters. The summed E-state index contributed by atoms with van der Waals surface area (Å²) in [5.41, 5.74) is 0. The van der Waals surface area contributed by atoms with Crippen molar-refractivity contribution in [2.75, 3.05) is 39.9 Å². The molecular weight excluding hydrogens is 389 g/mol. The van der Waals surface area contributed by atoms with Crippen molar-refractivity contribution >= 4 is 29.9 Å². The van der Waals surface area contributed by atoms with Crippen LogP contribution in [0.25, 0.3) is 0 Å². The maximum Gasteiger partial charge on any atom is 0.193 e. The first-order valence-corrected chi connectivity index (χ1v) is 8.77. The molecule has 22 heavy (non-hydrogen) atoms. The zero-order valence-electron chi connectivity index (χ0n) is 14.9. The molecule has 1 aliphatic heterocycles. The van der Waals surface area contributed by atoms with Crippen molar-refractivity contribution in [3.8, 4) is 0 Å². The van der Waals surface area contributed by atoms with Gasteiger partial charge in [0.25, 0.3) is 0 Å². The molecule has 1 saturated heterocycles. The summed E-state index contributed by atoms with van der Waals surface area (Å²) in [6.07, 6.45) is 6.36. The average Bonchev–Trinajstić information content (AvgIpc) is 2.95. The Morgan fingerprint density at radius 2 is 2.14 bits per heavy atom. The van der Waals surface area contributed by atoms with E-state index in [-0.39, 0.29) is 24.0 Å². The number of nitrogens with zero attached hydrogens (tertiary/aromatic N) is 2. The third-order valence-electron chi connectivity index (χ3n) is 4.37. The van der Waals surface area contributed by atoms with Crippen molar-refractivity contribution in [2.45, 2.75) is 52.9 Å². The van der Waals surface area contributed by atoms with Crippen molar-refractivity contribution in [1.82, 2.24) is 10.2 Å². The topological polar surface area (TPSA) is 36.9 Å². The van der Waals surface area contributed by atoms with Crippen LogP contribution >= 0.6 is 24.0 Å². The van der Waals surface area contributed by atoms with Gasteiger partial charge in [-0.2, -0.15) is 0 Å². The lowest BCUT2D eigenvalue weighted by atomic mass is 10.00. The summed E-state index contributed by atoms with van der Waals surface area (Å²) >= 11 is 0. The van der Waals surface area contributed by atoms with E-state index in [4.69, 9.17) is 9.73 Å². The average molecular weight is 425 g/mol. The molecule has 1 heterocycles. The molecule has 4 nitrogen and oxygen atoms in total. The van der Waals surface area contributed by atoms with Crippen molar-refractivity contribution in [3.05, 3.63) is 0 Å². The third kappa shape index (κ3) is 7.99. The van der Waals surface area contributed by atoms with Crippen molar-refractivity contribution < 1.29 is 4.74 Å². The first-order valence-electron chi connectivity index (χ1n) is 8.77. The predicted octanol–water partition coefficient (Wildman–Crippen LogP) is 3.75. The number of unbranched alkanes of at least 4 members (excludes halogenated alkanes) is 1. The fraction of sp³-hybridized carbons (Fsp3) is 0.941. The fourth-order valence-corrected chi connectivity index (χ4v) is 2.96. The van der Waals surface area contributed by atoms with Crippen LogP contribution in [-0.4, -0.2) is 50.8 Å². The first kappa shape index (κ1) is 22.0. The van der Waals surface area contributed by atoms with Gasteiger partial charge in [-0.15, -0.1) is 24.0 Å². The molecular formula is C17H36IN3O. The molecule has 0 aromatic heterocycles. The van der Waals surface area contributed by atoms with Crippen LogP contribution in [0.1, 0.15) is 52.9 Å². The Hall–Kier alpha value is -0.0400. The number of hydrogen-bond acceptors (Lipinski definition) is 2. The van der Waals surface area contributed by atoms with E-state index in [1.165, 1.54) is 32.1 Å². The Bertz CT molecular complexity index is 300. The lowest BCUT2D eigenvalue weighted by Crippen LogP contribution is -2.40. The number of guanidine groups is 1. The van der Waals surface area contributed by atoms with Crippen LogP contribution in [-0.2, 0) is 4.74 Å². The van der Waals surface area contributed by atoms with Crippen LogP contribution in [0, 0.1) is 11.8 Å². The molecule has 0 aromatic carbocycles. The van der Waals surface area contributed by atoms with Gasteiger partial charge in [-0.1, -0.05) is 33.1 Å². The van der Waals surface area contributed by atoms with Gasteiger partial charge < -0.3 is 15.0 Å². The smallest absolute Gasteiger partial charge is 0.193 e. The predicted molar refractivity (Wildman–Crippen MR) is 106 cm³/mol. The molecule has 132 valence electrons. The van der Waals surface area contributed by atoms with E-state index in [1.54, 1.807) is 7.11 Å². The highest BCUT2D eigenvalue weighted by molar-refractivity contribution is 14.0. The molecule has 0 spiro atoms. The minimum Gasteiger partial charge on any atom is -0.384 e. The molecule has 0 bridgehead atoms. The molecule has 1 aliphatic rings. The Kier molecular flexibility index (Phi) is 13.4. The quantitative estimate of drug-likeness (QED) is 0.347. The highest BCUT2D eigenvalue weighted by atomic mass is 127. The summed E-state index contributed by atoms with van der Waals surface area (Å²) in [5.74, 6) is 2.49. The zero-order chi connectivity index (χ0) is 15.5. The van der Waals surface area contributed by atoms with E-state index in [2.05, 4.69) is 31.0 Å². The Labute approximate surface area is 154 Å². The molecule has 1 fully saturated rings. The number of nitrogens with one attached hydrogen (secondary N) is 1. The van der Waals surface area contributed by atoms with E-state index >= 15 is 0 Å². The van der Waals surface area contributed by atoms with Crippen LogP contribution in [0.5, 0.6) is 0 Å². The Balaban J connectivity index is 0.00000441. The second kappa shape index (κ2) is 13.4. The van der Waals surface area contributed by atoms with Crippen LogP contribution in [0.4, 0.5) is 0 Å². The van der Waals surface area contributed by atoms with Crippen molar-refractivity contribution in [2.24, 2.45) is 16.8 Å². The van der Waals surface area contributed by atoms with E-state index in [0.717, 1.165) is 44.7 Å². The number of rotatable bonds is 9. The summed E-state index contributed by atoms with van der Waals surface area (Å²) in [7, 11) is 1.79. The van der Waals surface area contributed by atoms with Crippen LogP contribution in [0.15, 0.2) is 4.99 Å². The van der Waals surface area contributed by atoms with Gasteiger partial charge in [0.2, 0.25) is 0 Å². The van der Waals surface area contributed by atoms with Crippen molar-refractivity contribution in [1.29, 1.82) is 0 Å². The van der Waals surface area contributed by atoms with Crippen LogP contribution < -0.4 is 5.32 Å². The monoisotopic (exact) mass is 425 g/mol. The molecule has 0 amide bonds. The van der Waals surface area contributed by atoms with Crippen LogP contribution in [0.2, 0.25) is 0 Å². The molecule has 5 heteroatoms. The SMILES string of the molecule is CCCCC(CC)CN=C(NCC)N1CCC(COC)C1.I. The molecule has 0 radical (unpaired) electrons. The molecule has 0 saturated carbocycles. The van der Waals surface area contributed by atoms with Gasteiger partial charge in [-0.3, -0.25) is 4.99 Å². The molecule has 0 aromatic rings. The minimum atomic E-state index is 0. The summed E-state index contributed by atoms with van der Waals surface area (Å²) < 4.78 is 5.29. The minimum absolute atomic E-state index is 0. The van der Waals surface area contributed by atoms with Gasteiger partial charge in [0, 0.05) is 39.2 Å². The van der Waals surface area contributed by atoms with E-state index in [9.17, 15) is 0 Å². The first-order chi connectivity index (χ1) is 10.2. The molecule has 1 rings (SSSR count). The Morgan fingerprint density at radius 3 is 2.73 bits per heavy atom. The number of likely N-dealkylation sites (tertiary alicyclic amines) is 1. The van der Waals surface area contributed by atoms with E-state index in [0.29, 0.717) is 5.92 Å². The van der Waals surface area contributed by atoms with Crippen molar-refractivity contribution in [3.63, 3.8) is 0 Å². The lowest BCUT2D eigenvalue weighted by Gasteiger charge is -2.22. The molecule has 1 N–H and O–H groups in total. The summed E-state index contributed by atoms with van der Waals surface area (Å²) in [6, 6.07) is 0. The largest absolute Gasteiger partial charge is 0.384 e. The Morgan fingerprint density at radius 1 is 1.36 bits per heavy atom. The number of aliphatic imine (C=N–C) groups is 1. The lowest BCUT2D eigenvalue weighted by molar-refractivity contribution is 0.157. The second-order valence-corrected chi connectivity index (χ2v) is 6.17. The maximum absolute atomic E-state index is 5.29. The van der Waals surface area contributed by atoms with Gasteiger partial charge in [-0.05, 0) is 25.7 Å². The summed E-state index contributed by atoms with van der Waals surface area (Å²) in [6.45, 7) is 11.6.